The molecular weight excluding hydrogens is 224 g/mol. The van der Waals surface area contributed by atoms with Crippen molar-refractivity contribution < 1.29 is 0 Å². The number of imidazole rings is 1. The van der Waals surface area contributed by atoms with Crippen LogP contribution in [0.5, 0.6) is 0 Å². The molecule has 0 atom stereocenters. The molecule has 18 heavy (non-hydrogen) atoms. The van der Waals surface area contributed by atoms with Crippen LogP contribution in [-0.4, -0.2) is 46.2 Å². The lowest BCUT2D eigenvalue weighted by atomic mass is 10.2. The van der Waals surface area contributed by atoms with Crippen molar-refractivity contribution in [1.29, 1.82) is 0 Å². The summed E-state index contributed by atoms with van der Waals surface area (Å²) in [7, 11) is 0. The fourth-order valence-corrected chi connectivity index (χ4v) is 2.29. The normalized spacial score (nSPS) is 12.0. The molecule has 0 aliphatic heterocycles. The third kappa shape index (κ3) is 4.78. The van der Waals surface area contributed by atoms with Gasteiger partial charge in [-0.1, -0.05) is 0 Å². The van der Waals surface area contributed by atoms with Crippen LogP contribution in [0.15, 0.2) is 12.4 Å². The molecule has 0 saturated heterocycles. The molecule has 0 spiro atoms. The van der Waals surface area contributed by atoms with Crippen LogP contribution >= 0.6 is 0 Å². The van der Waals surface area contributed by atoms with Gasteiger partial charge in [0.05, 0.1) is 0 Å². The minimum Gasteiger partial charge on any atom is -0.334 e. The molecule has 0 fully saturated rings. The maximum absolute atomic E-state index is 4.22. The number of hydrogen-bond donors (Lipinski definition) is 1. The molecule has 0 aromatic carbocycles. The molecule has 1 N–H and O–H groups in total. The van der Waals surface area contributed by atoms with Gasteiger partial charge in [0.1, 0.15) is 5.82 Å². The van der Waals surface area contributed by atoms with Crippen LogP contribution < -0.4 is 5.32 Å². The molecule has 104 valence electrons. The Hall–Kier alpha value is -0.870. The van der Waals surface area contributed by atoms with E-state index >= 15 is 0 Å². The van der Waals surface area contributed by atoms with Crippen LogP contribution in [0.3, 0.4) is 0 Å². The van der Waals surface area contributed by atoms with Crippen LogP contribution in [0.2, 0.25) is 0 Å². The fourth-order valence-electron chi connectivity index (χ4n) is 2.29. The lowest BCUT2D eigenvalue weighted by molar-refractivity contribution is 0.176. The largest absolute Gasteiger partial charge is 0.334 e. The topological polar surface area (TPSA) is 33.1 Å². The third-order valence-corrected chi connectivity index (χ3v) is 3.33. The number of rotatable bonds is 8. The Balaban J connectivity index is 2.17. The molecule has 0 saturated carbocycles. The van der Waals surface area contributed by atoms with Gasteiger partial charge in [0.25, 0.3) is 0 Å². The van der Waals surface area contributed by atoms with Crippen LogP contribution in [0.1, 0.15) is 33.5 Å². The number of aryl methyl sites for hydroxylation is 1. The Morgan fingerprint density at radius 3 is 2.39 bits per heavy atom. The molecular formula is C14H28N4. The van der Waals surface area contributed by atoms with Crippen molar-refractivity contribution in [3.05, 3.63) is 18.2 Å². The molecule has 1 rings (SSSR count). The highest BCUT2D eigenvalue weighted by Gasteiger charge is 2.11. The van der Waals surface area contributed by atoms with Gasteiger partial charge in [-0.3, -0.25) is 4.90 Å². The number of hydrogen-bond acceptors (Lipinski definition) is 3. The van der Waals surface area contributed by atoms with Gasteiger partial charge in [-0.05, 0) is 34.6 Å². The Morgan fingerprint density at radius 2 is 1.89 bits per heavy atom. The first-order valence-electron chi connectivity index (χ1n) is 6.96. The molecule has 4 nitrogen and oxygen atoms in total. The van der Waals surface area contributed by atoms with E-state index in [0.717, 1.165) is 32.0 Å². The third-order valence-electron chi connectivity index (χ3n) is 3.33. The summed E-state index contributed by atoms with van der Waals surface area (Å²) in [5.74, 6) is 1.09. The number of nitrogens with one attached hydrogen (secondary N) is 1. The molecule has 0 amide bonds. The maximum atomic E-state index is 4.22. The van der Waals surface area contributed by atoms with Crippen molar-refractivity contribution in [2.24, 2.45) is 0 Å². The van der Waals surface area contributed by atoms with Crippen molar-refractivity contribution >= 4 is 0 Å². The minimum absolute atomic E-state index is 0.614. The predicted octanol–water partition coefficient (Wildman–Crippen LogP) is 1.90. The van der Waals surface area contributed by atoms with E-state index in [2.05, 4.69) is 47.5 Å². The first-order valence-corrected chi connectivity index (χ1v) is 6.96. The second-order valence-corrected chi connectivity index (χ2v) is 5.34. The Kier molecular flexibility index (Phi) is 6.36. The van der Waals surface area contributed by atoms with E-state index in [1.807, 2.05) is 19.3 Å². The summed E-state index contributed by atoms with van der Waals surface area (Å²) in [4.78, 5) is 6.73. The van der Waals surface area contributed by atoms with Gasteiger partial charge in [0, 0.05) is 50.7 Å². The second-order valence-electron chi connectivity index (χ2n) is 5.34. The molecule has 1 heterocycles. The van der Waals surface area contributed by atoms with Crippen molar-refractivity contribution in [3.63, 3.8) is 0 Å². The number of nitrogens with zero attached hydrogens (tertiary/aromatic N) is 3. The van der Waals surface area contributed by atoms with E-state index in [4.69, 9.17) is 0 Å². The number of aromatic nitrogens is 2. The average Bonchev–Trinajstić information content (AvgIpc) is 2.68. The fraction of sp³-hybridized carbons (Fsp3) is 0.786. The molecule has 1 aromatic heterocycles. The molecule has 0 radical (unpaired) electrons. The Labute approximate surface area is 111 Å². The lowest BCUT2D eigenvalue weighted by Crippen LogP contribution is -2.41. The highest BCUT2D eigenvalue weighted by Crippen LogP contribution is 2.03. The van der Waals surface area contributed by atoms with Gasteiger partial charge < -0.3 is 9.88 Å². The zero-order valence-electron chi connectivity index (χ0n) is 12.5. The van der Waals surface area contributed by atoms with E-state index in [1.54, 1.807) is 0 Å². The highest BCUT2D eigenvalue weighted by molar-refractivity contribution is 4.88. The van der Waals surface area contributed by atoms with Crippen molar-refractivity contribution in [2.75, 3.05) is 19.6 Å². The van der Waals surface area contributed by atoms with E-state index in [-0.39, 0.29) is 0 Å². The first kappa shape index (κ1) is 15.2. The second kappa shape index (κ2) is 7.54. The SMILES string of the molecule is Cc1nccn1CCNCCN(C(C)C)C(C)C. The molecule has 1 aromatic rings. The molecule has 0 unspecified atom stereocenters. The molecule has 0 aliphatic carbocycles. The lowest BCUT2D eigenvalue weighted by Gasteiger charge is -2.30. The van der Waals surface area contributed by atoms with E-state index in [1.165, 1.54) is 0 Å². The van der Waals surface area contributed by atoms with Gasteiger partial charge in [-0.15, -0.1) is 0 Å². The van der Waals surface area contributed by atoms with Crippen molar-refractivity contribution in [1.82, 2.24) is 19.8 Å². The van der Waals surface area contributed by atoms with Crippen molar-refractivity contribution in [2.45, 2.75) is 53.2 Å². The molecule has 0 bridgehead atoms. The average molecular weight is 252 g/mol. The van der Waals surface area contributed by atoms with Gasteiger partial charge in [0.15, 0.2) is 0 Å². The van der Waals surface area contributed by atoms with Crippen LogP contribution in [0.4, 0.5) is 0 Å². The summed E-state index contributed by atoms with van der Waals surface area (Å²) in [6.07, 6.45) is 3.89. The van der Waals surface area contributed by atoms with Crippen molar-refractivity contribution in [3.8, 4) is 0 Å². The standard InChI is InChI=1S/C14H28N4/c1-12(2)18(13(3)4)11-7-15-6-9-17-10-8-16-14(17)5/h8,10,12-13,15H,6-7,9,11H2,1-5H3. The van der Waals surface area contributed by atoms with Gasteiger partial charge in [-0.2, -0.15) is 0 Å². The monoisotopic (exact) mass is 252 g/mol. The molecule has 0 aliphatic rings. The smallest absolute Gasteiger partial charge is 0.105 e. The maximum Gasteiger partial charge on any atom is 0.105 e. The van der Waals surface area contributed by atoms with Crippen LogP contribution in [0, 0.1) is 6.92 Å². The van der Waals surface area contributed by atoms with Gasteiger partial charge in [-0.25, -0.2) is 4.98 Å². The predicted molar refractivity (Wildman–Crippen MR) is 76.8 cm³/mol. The first-order chi connectivity index (χ1) is 8.52. The minimum atomic E-state index is 0.614. The van der Waals surface area contributed by atoms with Crippen LogP contribution in [0.25, 0.3) is 0 Å². The zero-order valence-corrected chi connectivity index (χ0v) is 12.5. The summed E-state index contributed by atoms with van der Waals surface area (Å²) < 4.78 is 2.18. The van der Waals surface area contributed by atoms with E-state index in [0.29, 0.717) is 12.1 Å². The quantitative estimate of drug-likeness (QED) is 0.717. The van der Waals surface area contributed by atoms with E-state index < -0.39 is 0 Å². The summed E-state index contributed by atoms with van der Waals surface area (Å²) in [5.41, 5.74) is 0. The van der Waals surface area contributed by atoms with Gasteiger partial charge >= 0.3 is 0 Å². The zero-order chi connectivity index (χ0) is 13.5. The summed E-state index contributed by atoms with van der Waals surface area (Å²) in [6.45, 7) is 15.2. The molecule has 4 heteroatoms. The Morgan fingerprint density at radius 1 is 1.22 bits per heavy atom. The Bertz CT molecular complexity index is 322. The van der Waals surface area contributed by atoms with E-state index in [9.17, 15) is 0 Å². The highest BCUT2D eigenvalue weighted by atomic mass is 15.2. The summed E-state index contributed by atoms with van der Waals surface area (Å²) in [6, 6.07) is 1.23. The summed E-state index contributed by atoms with van der Waals surface area (Å²) >= 11 is 0. The summed E-state index contributed by atoms with van der Waals surface area (Å²) in [5, 5.41) is 3.50. The van der Waals surface area contributed by atoms with Gasteiger partial charge in [0.2, 0.25) is 0 Å². The van der Waals surface area contributed by atoms with Crippen LogP contribution in [-0.2, 0) is 6.54 Å².